The van der Waals surface area contributed by atoms with E-state index in [0.29, 0.717) is 38.0 Å². The van der Waals surface area contributed by atoms with Gasteiger partial charge in [-0.1, -0.05) is 27.7 Å². The molecule has 0 aliphatic carbocycles. The molecule has 0 saturated heterocycles. The highest BCUT2D eigenvalue weighted by molar-refractivity contribution is 6.35. The summed E-state index contributed by atoms with van der Waals surface area (Å²) in [7, 11) is 0. The van der Waals surface area contributed by atoms with Crippen LogP contribution in [0.2, 0.25) is 0 Å². The quantitative estimate of drug-likeness (QED) is 0.654. The largest absolute Gasteiger partial charge is 0.347 e. The van der Waals surface area contributed by atoms with Gasteiger partial charge in [-0.15, -0.1) is 0 Å². The average Bonchev–Trinajstić information content (AvgIpc) is 2.22. The van der Waals surface area contributed by atoms with Gasteiger partial charge in [0.15, 0.2) is 0 Å². The number of amides is 2. The third-order valence-corrected chi connectivity index (χ3v) is 2.08. The Morgan fingerprint density at radius 1 is 1.12 bits per heavy atom. The second-order valence-corrected chi connectivity index (χ2v) is 5.04. The van der Waals surface area contributed by atoms with Gasteiger partial charge in [-0.2, -0.15) is 0 Å². The van der Waals surface area contributed by atoms with Crippen molar-refractivity contribution in [3.63, 3.8) is 0 Å². The van der Waals surface area contributed by atoms with E-state index in [1.54, 1.807) is 4.90 Å². The molecule has 2 amide bonds. The third-order valence-electron chi connectivity index (χ3n) is 2.08. The van der Waals surface area contributed by atoms with Crippen molar-refractivity contribution < 1.29 is 9.59 Å². The van der Waals surface area contributed by atoms with Gasteiger partial charge in [0.2, 0.25) is 0 Å². The van der Waals surface area contributed by atoms with Gasteiger partial charge in [-0.05, 0) is 11.8 Å². The molecule has 0 spiro atoms. The van der Waals surface area contributed by atoms with Crippen molar-refractivity contribution in [3.8, 4) is 0 Å². The van der Waals surface area contributed by atoms with Gasteiger partial charge >= 0.3 is 11.8 Å². The van der Waals surface area contributed by atoms with Crippen LogP contribution in [0.25, 0.3) is 0 Å². The molecule has 100 valence electrons. The molecule has 0 unspecified atom stereocenters. The number of nitrogens with two attached hydrogens (primary N) is 1. The van der Waals surface area contributed by atoms with E-state index in [-0.39, 0.29) is 0 Å². The third kappa shape index (κ3) is 6.94. The molecule has 0 atom stereocenters. The monoisotopic (exact) mass is 243 g/mol. The van der Waals surface area contributed by atoms with Crippen LogP contribution in [0.1, 0.15) is 27.7 Å². The summed E-state index contributed by atoms with van der Waals surface area (Å²) < 4.78 is 0. The van der Waals surface area contributed by atoms with E-state index >= 15 is 0 Å². The van der Waals surface area contributed by atoms with Crippen LogP contribution in [-0.4, -0.2) is 42.9 Å². The Hall–Kier alpha value is -1.10. The molecule has 0 aliphatic heterocycles. The van der Waals surface area contributed by atoms with Crippen molar-refractivity contribution in [2.75, 3.05) is 26.2 Å². The molecule has 0 aliphatic rings. The number of rotatable bonds is 6. The predicted molar refractivity (Wildman–Crippen MR) is 68.3 cm³/mol. The number of carbonyl (C=O) groups is 2. The number of nitrogens with zero attached hydrogens (tertiary/aromatic N) is 1. The summed E-state index contributed by atoms with van der Waals surface area (Å²) in [6.45, 7) is 9.99. The van der Waals surface area contributed by atoms with Crippen molar-refractivity contribution in [2.24, 2.45) is 17.6 Å². The van der Waals surface area contributed by atoms with Crippen molar-refractivity contribution in [3.05, 3.63) is 0 Å². The fourth-order valence-corrected chi connectivity index (χ4v) is 1.53. The molecular weight excluding hydrogens is 218 g/mol. The molecule has 0 aromatic carbocycles. The summed E-state index contributed by atoms with van der Waals surface area (Å²) in [6, 6.07) is 0. The highest BCUT2D eigenvalue weighted by Crippen LogP contribution is 2.04. The fraction of sp³-hybridized carbons (Fsp3) is 0.833. The van der Waals surface area contributed by atoms with E-state index < -0.39 is 11.8 Å². The molecule has 5 heteroatoms. The zero-order valence-electron chi connectivity index (χ0n) is 11.3. The lowest BCUT2D eigenvalue weighted by atomic mass is 10.1. The van der Waals surface area contributed by atoms with E-state index in [4.69, 9.17) is 5.73 Å². The van der Waals surface area contributed by atoms with Crippen LogP contribution in [-0.2, 0) is 9.59 Å². The second-order valence-electron chi connectivity index (χ2n) is 5.04. The van der Waals surface area contributed by atoms with Crippen molar-refractivity contribution in [1.82, 2.24) is 10.2 Å². The van der Waals surface area contributed by atoms with Gasteiger partial charge < -0.3 is 16.0 Å². The Kier molecular flexibility index (Phi) is 7.54. The molecule has 0 aromatic rings. The van der Waals surface area contributed by atoms with Gasteiger partial charge in [0, 0.05) is 26.2 Å². The molecule has 0 saturated carbocycles. The Morgan fingerprint density at radius 2 is 1.59 bits per heavy atom. The number of hydrogen-bond acceptors (Lipinski definition) is 3. The van der Waals surface area contributed by atoms with Gasteiger partial charge in [0.05, 0.1) is 0 Å². The lowest BCUT2D eigenvalue weighted by Crippen LogP contribution is -2.46. The SMILES string of the molecule is CC(C)CN(CC(C)C)C(=O)C(=O)NCCN. The number of carbonyl (C=O) groups excluding carboxylic acids is 2. The Morgan fingerprint density at radius 3 is 1.94 bits per heavy atom. The van der Waals surface area contributed by atoms with Gasteiger partial charge in [0.1, 0.15) is 0 Å². The van der Waals surface area contributed by atoms with Crippen LogP contribution in [0.5, 0.6) is 0 Å². The minimum atomic E-state index is -0.559. The first-order chi connectivity index (χ1) is 7.88. The normalized spacial score (nSPS) is 10.8. The Balaban J connectivity index is 4.45. The van der Waals surface area contributed by atoms with Crippen molar-refractivity contribution in [1.29, 1.82) is 0 Å². The van der Waals surface area contributed by atoms with E-state index in [1.165, 1.54) is 0 Å². The zero-order chi connectivity index (χ0) is 13.4. The molecule has 0 rings (SSSR count). The van der Waals surface area contributed by atoms with Crippen LogP contribution in [0.15, 0.2) is 0 Å². The van der Waals surface area contributed by atoms with E-state index in [9.17, 15) is 9.59 Å². The standard InChI is InChI=1S/C12H25N3O2/c1-9(2)7-15(8-10(3)4)12(17)11(16)14-6-5-13/h9-10H,5-8,13H2,1-4H3,(H,14,16). The van der Waals surface area contributed by atoms with Gasteiger partial charge in [0.25, 0.3) is 0 Å². The lowest BCUT2D eigenvalue weighted by Gasteiger charge is -2.25. The summed E-state index contributed by atoms with van der Waals surface area (Å²) in [6.07, 6.45) is 0. The molecule has 3 N–H and O–H groups in total. The van der Waals surface area contributed by atoms with Crippen LogP contribution in [0.3, 0.4) is 0 Å². The summed E-state index contributed by atoms with van der Waals surface area (Å²) in [4.78, 5) is 25.1. The topological polar surface area (TPSA) is 75.4 Å². The average molecular weight is 243 g/mol. The summed E-state index contributed by atoms with van der Waals surface area (Å²) in [5.74, 6) is -0.322. The van der Waals surface area contributed by atoms with E-state index in [1.807, 2.05) is 27.7 Å². The Bertz CT molecular complexity index is 242. The first-order valence-corrected chi connectivity index (χ1v) is 6.15. The van der Waals surface area contributed by atoms with Crippen LogP contribution >= 0.6 is 0 Å². The maximum atomic E-state index is 11.9. The molecule has 0 fully saturated rings. The molecule has 0 heterocycles. The Labute approximate surface area is 104 Å². The van der Waals surface area contributed by atoms with Crippen LogP contribution in [0, 0.1) is 11.8 Å². The minimum Gasteiger partial charge on any atom is -0.347 e. The molecule has 0 aromatic heterocycles. The molecule has 0 bridgehead atoms. The van der Waals surface area contributed by atoms with E-state index in [2.05, 4.69) is 5.32 Å². The number of hydrogen-bond donors (Lipinski definition) is 2. The fourth-order valence-electron chi connectivity index (χ4n) is 1.53. The minimum absolute atomic E-state index is 0.335. The first-order valence-electron chi connectivity index (χ1n) is 6.15. The lowest BCUT2D eigenvalue weighted by molar-refractivity contribution is -0.146. The molecule has 17 heavy (non-hydrogen) atoms. The summed E-state index contributed by atoms with van der Waals surface area (Å²) in [5.41, 5.74) is 5.27. The molecule has 5 nitrogen and oxygen atoms in total. The van der Waals surface area contributed by atoms with Crippen molar-refractivity contribution >= 4 is 11.8 Å². The van der Waals surface area contributed by atoms with E-state index in [0.717, 1.165) is 0 Å². The second kappa shape index (κ2) is 8.06. The van der Waals surface area contributed by atoms with Gasteiger partial charge in [-0.3, -0.25) is 9.59 Å². The zero-order valence-corrected chi connectivity index (χ0v) is 11.3. The smallest absolute Gasteiger partial charge is 0.311 e. The van der Waals surface area contributed by atoms with Crippen LogP contribution < -0.4 is 11.1 Å². The maximum absolute atomic E-state index is 11.9. The summed E-state index contributed by atoms with van der Waals surface area (Å²) >= 11 is 0. The highest BCUT2D eigenvalue weighted by Gasteiger charge is 2.22. The predicted octanol–water partition coefficient (Wildman–Crippen LogP) is 0.202. The summed E-state index contributed by atoms with van der Waals surface area (Å²) in [5, 5.41) is 2.50. The van der Waals surface area contributed by atoms with Gasteiger partial charge in [-0.25, -0.2) is 0 Å². The highest BCUT2D eigenvalue weighted by atomic mass is 16.2. The number of nitrogens with one attached hydrogen (secondary N) is 1. The van der Waals surface area contributed by atoms with Crippen LogP contribution in [0.4, 0.5) is 0 Å². The molecule has 0 radical (unpaired) electrons. The first kappa shape index (κ1) is 15.9. The maximum Gasteiger partial charge on any atom is 0.311 e. The molecular formula is C12H25N3O2. The van der Waals surface area contributed by atoms with Crippen molar-refractivity contribution in [2.45, 2.75) is 27.7 Å².